The number of thiol groups is 1. The summed E-state index contributed by atoms with van der Waals surface area (Å²) < 4.78 is 1.84. The van der Waals surface area contributed by atoms with Crippen LogP contribution < -0.4 is 0 Å². The van der Waals surface area contributed by atoms with Gasteiger partial charge >= 0.3 is 5.97 Å². The molecule has 0 atom stereocenters. The van der Waals surface area contributed by atoms with Gasteiger partial charge in [-0.15, -0.1) is 17.7 Å². The Kier molecular flexibility index (Phi) is 4.66. The summed E-state index contributed by atoms with van der Waals surface area (Å²) in [5.41, 5.74) is 2.96. The van der Waals surface area contributed by atoms with Crippen LogP contribution in [0.15, 0.2) is 53.7 Å². The molecule has 3 aromatic rings. The van der Waals surface area contributed by atoms with Crippen molar-refractivity contribution in [2.75, 3.05) is 0 Å². The molecule has 0 amide bonds. The predicted octanol–water partition coefficient (Wildman–Crippen LogP) is 3.54. The zero-order valence-corrected chi connectivity index (χ0v) is 14.1. The molecule has 0 aliphatic rings. The molecule has 24 heavy (non-hydrogen) atoms. The first-order valence-electron chi connectivity index (χ1n) is 7.62. The molecule has 0 aliphatic heterocycles. The summed E-state index contributed by atoms with van der Waals surface area (Å²) in [7, 11) is 0. The molecule has 5 nitrogen and oxygen atoms in total. The second kappa shape index (κ2) is 6.88. The average Bonchev–Trinajstić information content (AvgIpc) is 2.95. The summed E-state index contributed by atoms with van der Waals surface area (Å²) in [6.07, 6.45) is 0.789. The van der Waals surface area contributed by atoms with Gasteiger partial charge in [0, 0.05) is 6.42 Å². The third-order valence-corrected chi connectivity index (χ3v) is 4.00. The third-order valence-electron chi connectivity index (χ3n) is 3.81. The number of benzene rings is 2. The van der Waals surface area contributed by atoms with E-state index < -0.39 is 5.97 Å². The first-order valence-corrected chi connectivity index (χ1v) is 8.07. The average molecular weight is 339 g/mol. The van der Waals surface area contributed by atoms with Crippen LogP contribution >= 0.6 is 12.6 Å². The summed E-state index contributed by atoms with van der Waals surface area (Å²) in [6.45, 7) is 2.64. The zero-order chi connectivity index (χ0) is 17.1. The van der Waals surface area contributed by atoms with Gasteiger partial charge in [-0.2, -0.15) is 0 Å². The van der Waals surface area contributed by atoms with Gasteiger partial charge in [-0.3, -0.25) is 0 Å². The fourth-order valence-corrected chi connectivity index (χ4v) is 2.86. The number of carbonyl (C=O) groups is 1. The maximum Gasteiger partial charge on any atom is 0.336 e. The minimum atomic E-state index is -0.925. The molecular formula is C18H17N3O2S. The minimum Gasteiger partial charge on any atom is -0.478 e. The van der Waals surface area contributed by atoms with Crippen molar-refractivity contribution in [1.82, 2.24) is 14.8 Å². The molecule has 0 saturated carbocycles. The molecule has 0 saturated heterocycles. The molecule has 0 fully saturated rings. The standard InChI is InChI=1S/C18H17N3O2S/c1-2-16-19-18(24)20-21(16)11-12-7-9-13(10-8-12)14-5-3-4-6-15(14)17(22)23/h3-10H,2,11H2,1H3,(H,20,24)(H,22,23). The highest BCUT2D eigenvalue weighted by atomic mass is 32.1. The Balaban J connectivity index is 1.87. The highest BCUT2D eigenvalue weighted by Gasteiger charge is 2.11. The molecule has 0 unspecified atom stereocenters. The second-order valence-electron chi connectivity index (χ2n) is 5.39. The second-order valence-corrected chi connectivity index (χ2v) is 5.79. The van der Waals surface area contributed by atoms with Crippen molar-refractivity contribution >= 4 is 18.6 Å². The van der Waals surface area contributed by atoms with E-state index in [2.05, 4.69) is 22.7 Å². The summed E-state index contributed by atoms with van der Waals surface area (Å²) in [5.74, 6) is -0.0357. The van der Waals surface area contributed by atoms with Crippen molar-refractivity contribution in [3.63, 3.8) is 0 Å². The molecule has 1 aromatic heterocycles. The number of hydrogen-bond acceptors (Lipinski definition) is 4. The highest BCUT2D eigenvalue weighted by molar-refractivity contribution is 7.80. The van der Waals surface area contributed by atoms with E-state index in [1.807, 2.05) is 48.0 Å². The van der Waals surface area contributed by atoms with Crippen molar-refractivity contribution in [1.29, 1.82) is 0 Å². The summed E-state index contributed by atoms with van der Waals surface area (Å²) in [6, 6.07) is 14.8. The van der Waals surface area contributed by atoms with Gasteiger partial charge in [0.1, 0.15) is 5.82 Å². The van der Waals surface area contributed by atoms with Crippen molar-refractivity contribution in [2.24, 2.45) is 0 Å². The van der Waals surface area contributed by atoms with Gasteiger partial charge in [0.05, 0.1) is 12.1 Å². The minimum absolute atomic E-state index is 0.300. The van der Waals surface area contributed by atoms with Crippen LogP contribution in [-0.2, 0) is 13.0 Å². The monoisotopic (exact) mass is 339 g/mol. The molecule has 0 spiro atoms. The number of aromatic nitrogens is 3. The largest absolute Gasteiger partial charge is 0.478 e. The lowest BCUT2D eigenvalue weighted by molar-refractivity contribution is 0.0697. The van der Waals surface area contributed by atoms with Gasteiger partial charge in [-0.25, -0.2) is 14.5 Å². The fraction of sp³-hybridized carbons (Fsp3) is 0.167. The Morgan fingerprint density at radius 2 is 1.88 bits per heavy atom. The number of aryl methyl sites for hydroxylation is 1. The fourth-order valence-electron chi connectivity index (χ4n) is 2.63. The molecule has 6 heteroatoms. The van der Waals surface area contributed by atoms with Crippen LogP contribution in [0.1, 0.15) is 28.7 Å². The lowest BCUT2D eigenvalue weighted by atomic mass is 9.99. The Morgan fingerprint density at radius 3 is 2.54 bits per heavy atom. The van der Waals surface area contributed by atoms with Crippen molar-refractivity contribution in [2.45, 2.75) is 25.0 Å². The van der Waals surface area contributed by atoms with E-state index in [9.17, 15) is 9.90 Å². The molecule has 3 rings (SSSR count). The lowest BCUT2D eigenvalue weighted by Crippen LogP contribution is -2.06. The predicted molar refractivity (Wildman–Crippen MR) is 94.6 cm³/mol. The molecular weight excluding hydrogens is 322 g/mol. The quantitative estimate of drug-likeness (QED) is 0.698. The summed E-state index contributed by atoms with van der Waals surface area (Å²) >= 11 is 4.19. The Hall–Kier alpha value is -2.60. The molecule has 1 heterocycles. The molecule has 122 valence electrons. The van der Waals surface area contributed by atoms with Crippen LogP contribution in [0.3, 0.4) is 0 Å². The van der Waals surface area contributed by atoms with Crippen LogP contribution in [0.4, 0.5) is 0 Å². The van der Waals surface area contributed by atoms with Crippen molar-refractivity contribution in [3.8, 4) is 11.1 Å². The van der Waals surface area contributed by atoms with E-state index in [0.29, 0.717) is 22.8 Å². The SMILES string of the molecule is CCc1nc(S)nn1Cc1ccc(-c2ccccc2C(=O)O)cc1. The summed E-state index contributed by atoms with van der Waals surface area (Å²) in [4.78, 5) is 15.6. The molecule has 0 bridgehead atoms. The maximum atomic E-state index is 11.4. The molecule has 0 aliphatic carbocycles. The number of hydrogen-bond donors (Lipinski definition) is 2. The maximum absolute atomic E-state index is 11.4. The van der Waals surface area contributed by atoms with Gasteiger partial charge in [0.25, 0.3) is 0 Å². The highest BCUT2D eigenvalue weighted by Crippen LogP contribution is 2.24. The zero-order valence-electron chi connectivity index (χ0n) is 13.2. The van der Waals surface area contributed by atoms with E-state index in [4.69, 9.17) is 0 Å². The van der Waals surface area contributed by atoms with E-state index >= 15 is 0 Å². The number of carboxylic acid groups (broad SMARTS) is 1. The number of nitrogens with zero attached hydrogens (tertiary/aromatic N) is 3. The summed E-state index contributed by atoms with van der Waals surface area (Å²) in [5, 5.41) is 14.1. The normalized spacial score (nSPS) is 10.8. The van der Waals surface area contributed by atoms with Crippen LogP contribution in [0.25, 0.3) is 11.1 Å². The first-order chi connectivity index (χ1) is 11.6. The molecule has 1 N–H and O–H groups in total. The number of aromatic carboxylic acids is 1. The van der Waals surface area contributed by atoms with E-state index in [1.54, 1.807) is 12.1 Å². The third kappa shape index (κ3) is 3.33. The van der Waals surface area contributed by atoms with Crippen molar-refractivity contribution < 1.29 is 9.90 Å². The smallest absolute Gasteiger partial charge is 0.336 e. The van der Waals surface area contributed by atoms with E-state index in [0.717, 1.165) is 23.4 Å². The van der Waals surface area contributed by atoms with Gasteiger partial charge in [0.2, 0.25) is 5.16 Å². The molecule has 2 aromatic carbocycles. The number of carboxylic acids is 1. The first kappa shape index (κ1) is 16.3. The Bertz CT molecular complexity index is 872. The van der Waals surface area contributed by atoms with E-state index in [1.165, 1.54) is 0 Å². The number of rotatable bonds is 5. The Labute approximate surface area is 145 Å². The van der Waals surface area contributed by atoms with Gasteiger partial charge < -0.3 is 5.11 Å². The van der Waals surface area contributed by atoms with Crippen LogP contribution in [0, 0.1) is 0 Å². The Morgan fingerprint density at radius 1 is 1.17 bits per heavy atom. The topological polar surface area (TPSA) is 68.0 Å². The van der Waals surface area contributed by atoms with Gasteiger partial charge in [-0.1, -0.05) is 49.4 Å². The van der Waals surface area contributed by atoms with Gasteiger partial charge in [-0.05, 0) is 22.8 Å². The van der Waals surface area contributed by atoms with Crippen LogP contribution in [-0.4, -0.2) is 25.8 Å². The lowest BCUT2D eigenvalue weighted by Gasteiger charge is -2.08. The molecule has 0 radical (unpaired) electrons. The van der Waals surface area contributed by atoms with Gasteiger partial charge in [0.15, 0.2) is 0 Å². The van der Waals surface area contributed by atoms with Crippen LogP contribution in [0.5, 0.6) is 0 Å². The van der Waals surface area contributed by atoms with Crippen LogP contribution in [0.2, 0.25) is 0 Å². The van der Waals surface area contributed by atoms with Crippen molar-refractivity contribution in [3.05, 3.63) is 65.5 Å². The van der Waals surface area contributed by atoms with E-state index in [-0.39, 0.29) is 0 Å².